The Hall–Kier alpha value is -2.60. The molecule has 0 aliphatic carbocycles. The molecule has 1 fully saturated rings. The zero-order chi connectivity index (χ0) is 18.1. The Morgan fingerprint density at radius 3 is 2.54 bits per heavy atom. The lowest BCUT2D eigenvalue weighted by atomic mass is 10.1. The van der Waals surface area contributed by atoms with Gasteiger partial charge in [0, 0.05) is 29.7 Å². The molecular weight excluding hydrogens is 348 g/mol. The molecule has 2 heterocycles. The van der Waals surface area contributed by atoms with Crippen molar-refractivity contribution in [3.05, 3.63) is 71.9 Å². The lowest BCUT2D eigenvalue weighted by Crippen LogP contribution is -2.35. The van der Waals surface area contributed by atoms with E-state index in [4.69, 9.17) is 0 Å². The third kappa shape index (κ3) is 3.37. The van der Waals surface area contributed by atoms with Gasteiger partial charge < -0.3 is 9.88 Å². The highest BCUT2D eigenvalue weighted by molar-refractivity contribution is 7.91. The van der Waals surface area contributed by atoms with Gasteiger partial charge in [-0.2, -0.15) is 0 Å². The molecule has 1 atom stereocenters. The Morgan fingerprint density at radius 2 is 1.81 bits per heavy atom. The first-order chi connectivity index (χ1) is 12.5. The van der Waals surface area contributed by atoms with Crippen LogP contribution in [-0.2, 0) is 16.4 Å². The number of fused-ring (bicyclic) bond motifs is 1. The maximum Gasteiger partial charge on any atom is 0.253 e. The van der Waals surface area contributed by atoms with Gasteiger partial charge in [0.25, 0.3) is 5.91 Å². The van der Waals surface area contributed by atoms with Crippen LogP contribution in [0.5, 0.6) is 0 Å². The quantitative estimate of drug-likeness (QED) is 0.770. The van der Waals surface area contributed by atoms with Crippen molar-refractivity contribution >= 4 is 26.6 Å². The summed E-state index contributed by atoms with van der Waals surface area (Å²) >= 11 is 0. The first-order valence-electron chi connectivity index (χ1n) is 8.65. The average Bonchev–Trinajstić information content (AvgIpc) is 3.16. The standard InChI is InChI=1S/C20H20N2O3S/c23-20(21-16-10-11-26(24,25)14-16)18-13-22(12-15-6-2-1-3-7-15)19-9-5-4-8-17(18)19/h1-9,13,16H,10-12,14H2,(H,21,23). The molecule has 1 aliphatic heterocycles. The van der Waals surface area contributed by atoms with Crippen LogP contribution in [0.15, 0.2) is 60.8 Å². The molecule has 3 aromatic rings. The summed E-state index contributed by atoms with van der Waals surface area (Å²) < 4.78 is 25.3. The Balaban J connectivity index is 1.64. The number of hydrogen-bond donors (Lipinski definition) is 1. The summed E-state index contributed by atoms with van der Waals surface area (Å²) in [5.74, 6) is -0.0372. The molecule has 6 heteroatoms. The van der Waals surface area contributed by atoms with E-state index in [0.717, 1.165) is 16.5 Å². The van der Waals surface area contributed by atoms with Gasteiger partial charge in [0.2, 0.25) is 0 Å². The number of nitrogens with zero attached hydrogens (tertiary/aromatic N) is 1. The maximum atomic E-state index is 12.8. The molecule has 0 saturated carbocycles. The summed E-state index contributed by atoms with van der Waals surface area (Å²) in [7, 11) is -3.02. The Kier molecular flexibility index (Phi) is 4.28. The van der Waals surface area contributed by atoms with Crippen molar-refractivity contribution in [1.29, 1.82) is 0 Å². The largest absolute Gasteiger partial charge is 0.348 e. The number of aromatic nitrogens is 1. The summed E-state index contributed by atoms with van der Waals surface area (Å²) in [5, 5.41) is 3.77. The van der Waals surface area contributed by atoms with Crippen molar-refractivity contribution in [1.82, 2.24) is 9.88 Å². The van der Waals surface area contributed by atoms with Crippen LogP contribution in [0.1, 0.15) is 22.3 Å². The molecule has 2 aromatic carbocycles. The SMILES string of the molecule is O=C(NC1CCS(=O)(=O)C1)c1cn(Cc2ccccc2)c2ccccc12. The van der Waals surface area contributed by atoms with Gasteiger partial charge in [0.05, 0.1) is 17.1 Å². The fourth-order valence-corrected chi connectivity index (χ4v) is 5.18. The van der Waals surface area contributed by atoms with Crippen molar-refractivity contribution < 1.29 is 13.2 Å². The Labute approximate surface area is 152 Å². The van der Waals surface area contributed by atoms with E-state index in [9.17, 15) is 13.2 Å². The molecule has 26 heavy (non-hydrogen) atoms. The van der Waals surface area contributed by atoms with Gasteiger partial charge in [-0.15, -0.1) is 0 Å². The van der Waals surface area contributed by atoms with Crippen LogP contribution in [0.25, 0.3) is 10.9 Å². The highest BCUT2D eigenvalue weighted by Gasteiger charge is 2.29. The minimum absolute atomic E-state index is 0.0292. The molecule has 1 N–H and O–H groups in total. The summed E-state index contributed by atoms with van der Waals surface area (Å²) in [6.07, 6.45) is 2.34. The van der Waals surface area contributed by atoms with Crippen LogP contribution in [0.3, 0.4) is 0 Å². The minimum Gasteiger partial charge on any atom is -0.348 e. The van der Waals surface area contributed by atoms with Crippen LogP contribution >= 0.6 is 0 Å². The molecule has 1 aliphatic rings. The van der Waals surface area contributed by atoms with Gasteiger partial charge in [-0.05, 0) is 18.1 Å². The van der Waals surface area contributed by atoms with Crippen molar-refractivity contribution in [2.45, 2.75) is 19.0 Å². The van der Waals surface area contributed by atoms with Crippen molar-refractivity contribution in [2.75, 3.05) is 11.5 Å². The molecule has 1 unspecified atom stereocenters. The van der Waals surface area contributed by atoms with Crippen molar-refractivity contribution in [2.24, 2.45) is 0 Å². The van der Waals surface area contributed by atoms with E-state index < -0.39 is 9.84 Å². The predicted octanol–water partition coefficient (Wildman–Crippen LogP) is 2.61. The molecule has 1 aromatic heterocycles. The lowest BCUT2D eigenvalue weighted by molar-refractivity contribution is 0.0942. The summed E-state index contributed by atoms with van der Waals surface area (Å²) in [5.41, 5.74) is 2.73. The molecule has 5 nitrogen and oxygen atoms in total. The van der Waals surface area contributed by atoms with Crippen LogP contribution in [0.4, 0.5) is 0 Å². The van der Waals surface area contributed by atoms with Crippen LogP contribution in [0, 0.1) is 0 Å². The summed E-state index contributed by atoms with van der Waals surface area (Å²) in [6.45, 7) is 0.673. The molecule has 4 rings (SSSR count). The second kappa shape index (κ2) is 6.61. The molecule has 134 valence electrons. The van der Waals surface area contributed by atoms with Crippen molar-refractivity contribution in [3.8, 4) is 0 Å². The number of carbonyl (C=O) groups excluding carboxylic acids is 1. The number of para-hydroxylation sites is 1. The van der Waals surface area contributed by atoms with E-state index in [1.807, 2.05) is 48.7 Å². The van der Waals surface area contributed by atoms with Crippen LogP contribution < -0.4 is 5.32 Å². The van der Waals surface area contributed by atoms with E-state index in [1.165, 1.54) is 0 Å². The first kappa shape index (κ1) is 16.8. The number of amides is 1. The second-order valence-corrected chi connectivity index (χ2v) is 8.98. The predicted molar refractivity (Wildman–Crippen MR) is 102 cm³/mol. The topological polar surface area (TPSA) is 68.2 Å². The second-order valence-electron chi connectivity index (χ2n) is 6.75. The molecule has 0 radical (unpaired) electrons. The molecule has 0 bridgehead atoms. The molecule has 1 saturated heterocycles. The van der Waals surface area contributed by atoms with Crippen molar-refractivity contribution in [3.63, 3.8) is 0 Å². The van der Waals surface area contributed by atoms with Gasteiger partial charge >= 0.3 is 0 Å². The lowest BCUT2D eigenvalue weighted by Gasteiger charge is -2.10. The molecular formula is C20H20N2O3S. The Morgan fingerprint density at radius 1 is 1.08 bits per heavy atom. The fraction of sp³-hybridized carbons (Fsp3) is 0.250. The van der Waals surface area contributed by atoms with Gasteiger partial charge in [-0.1, -0.05) is 48.5 Å². The van der Waals surface area contributed by atoms with E-state index in [0.29, 0.717) is 18.5 Å². The van der Waals surface area contributed by atoms with E-state index in [1.54, 1.807) is 0 Å². The van der Waals surface area contributed by atoms with Gasteiger partial charge in [-0.3, -0.25) is 4.79 Å². The number of sulfone groups is 1. The van der Waals surface area contributed by atoms with E-state index in [-0.39, 0.29) is 23.5 Å². The zero-order valence-electron chi connectivity index (χ0n) is 14.3. The smallest absolute Gasteiger partial charge is 0.253 e. The average molecular weight is 368 g/mol. The summed E-state index contributed by atoms with van der Waals surface area (Å²) in [6, 6.07) is 17.6. The van der Waals surface area contributed by atoms with Gasteiger partial charge in [0.15, 0.2) is 9.84 Å². The van der Waals surface area contributed by atoms with E-state index in [2.05, 4.69) is 22.0 Å². The van der Waals surface area contributed by atoms with Gasteiger partial charge in [0.1, 0.15) is 0 Å². The monoisotopic (exact) mass is 368 g/mol. The normalized spacial score (nSPS) is 18.8. The third-order valence-corrected chi connectivity index (χ3v) is 6.56. The first-order valence-corrected chi connectivity index (χ1v) is 10.5. The van der Waals surface area contributed by atoms with E-state index >= 15 is 0 Å². The third-order valence-electron chi connectivity index (χ3n) is 4.80. The Bertz CT molecular complexity index is 1060. The highest BCUT2D eigenvalue weighted by Crippen LogP contribution is 2.23. The van der Waals surface area contributed by atoms with Crippen LogP contribution in [0.2, 0.25) is 0 Å². The maximum absolute atomic E-state index is 12.8. The number of carbonyl (C=O) groups is 1. The zero-order valence-corrected chi connectivity index (χ0v) is 15.1. The molecule has 0 spiro atoms. The number of rotatable bonds is 4. The number of hydrogen-bond acceptors (Lipinski definition) is 3. The fourth-order valence-electron chi connectivity index (χ4n) is 3.51. The highest BCUT2D eigenvalue weighted by atomic mass is 32.2. The molecule has 1 amide bonds. The van der Waals surface area contributed by atoms with Gasteiger partial charge in [-0.25, -0.2) is 8.42 Å². The number of nitrogens with one attached hydrogen (secondary N) is 1. The van der Waals surface area contributed by atoms with Crippen LogP contribution in [-0.4, -0.2) is 36.4 Å². The summed E-state index contributed by atoms with van der Waals surface area (Å²) in [4.78, 5) is 12.8. The minimum atomic E-state index is -3.02. The number of benzene rings is 2.